The summed E-state index contributed by atoms with van der Waals surface area (Å²) in [6.45, 7) is 9.83. The Morgan fingerprint density at radius 1 is 1.24 bits per heavy atom. The molecule has 0 atom stereocenters. The van der Waals surface area contributed by atoms with Gasteiger partial charge >= 0.3 is 0 Å². The van der Waals surface area contributed by atoms with Gasteiger partial charge in [0.1, 0.15) is 0 Å². The molecule has 6 nitrogen and oxygen atoms in total. The molecule has 25 heavy (non-hydrogen) atoms. The molecule has 0 radical (unpaired) electrons. The first kappa shape index (κ1) is 22.1. The highest BCUT2D eigenvalue weighted by Crippen LogP contribution is 2.07. The van der Waals surface area contributed by atoms with Crippen molar-refractivity contribution in [3.63, 3.8) is 0 Å². The Bertz CT molecular complexity index is 508. The van der Waals surface area contributed by atoms with Crippen LogP contribution in [0, 0.1) is 0 Å². The van der Waals surface area contributed by atoms with E-state index >= 15 is 0 Å². The Morgan fingerprint density at radius 3 is 2.72 bits per heavy atom. The van der Waals surface area contributed by atoms with Crippen LogP contribution >= 0.6 is 24.0 Å². The number of guanidine groups is 1. The van der Waals surface area contributed by atoms with E-state index in [1.165, 1.54) is 11.1 Å². The molecule has 1 aliphatic heterocycles. The number of halogens is 1. The second-order valence-corrected chi connectivity index (χ2v) is 5.83. The third-order valence-electron chi connectivity index (χ3n) is 3.89. The van der Waals surface area contributed by atoms with Crippen LogP contribution in [-0.2, 0) is 22.6 Å². The van der Waals surface area contributed by atoms with E-state index in [-0.39, 0.29) is 24.0 Å². The SMILES string of the molecule is CCNC(=NCc1cccc(COC)c1)NCCN1CCOCC1.I. The average Bonchev–Trinajstić information content (AvgIpc) is 2.61. The lowest BCUT2D eigenvalue weighted by Crippen LogP contribution is -2.44. The zero-order valence-corrected chi connectivity index (χ0v) is 17.6. The number of aliphatic imine (C=N–C) groups is 1. The standard InChI is InChI=1S/C18H30N4O2.HI/c1-3-19-18(20-7-8-22-9-11-24-12-10-22)21-14-16-5-4-6-17(13-16)15-23-2;/h4-6,13H,3,7-12,14-15H2,1-2H3,(H2,19,20,21);1H. The van der Waals surface area contributed by atoms with Gasteiger partial charge in [-0.3, -0.25) is 4.90 Å². The van der Waals surface area contributed by atoms with E-state index in [1.54, 1.807) is 7.11 Å². The third kappa shape index (κ3) is 8.84. The number of hydrogen-bond acceptors (Lipinski definition) is 4. The molecule has 1 aliphatic rings. The maximum atomic E-state index is 5.37. The van der Waals surface area contributed by atoms with Crippen LogP contribution < -0.4 is 10.6 Å². The minimum absolute atomic E-state index is 0. The van der Waals surface area contributed by atoms with Crippen LogP contribution in [0.5, 0.6) is 0 Å². The van der Waals surface area contributed by atoms with Gasteiger partial charge in [0.2, 0.25) is 0 Å². The second-order valence-electron chi connectivity index (χ2n) is 5.83. The summed E-state index contributed by atoms with van der Waals surface area (Å²) in [4.78, 5) is 7.09. The average molecular weight is 462 g/mol. The maximum absolute atomic E-state index is 5.37. The molecule has 7 heteroatoms. The number of ether oxygens (including phenoxy) is 2. The summed E-state index contributed by atoms with van der Waals surface area (Å²) in [6.07, 6.45) is 0. The van der Waals surface area contributed by atoms with Gasteiger partial charge in [0.25, 0.3) is 0 Å². The number of morpholine rings is 1. The van der Waals surface area contributed by atoms with Gasteiger partial charge in [0.15, 0.2) is 5.96 Å². The van der Waals surface area contributed by atoms with E-state index < -0.39 is 0 Å². The van der Waals surface area contributed by atoms with Crippen molar-refractivity contribution in [1.29, 1.82) is 0 Å². The Hall–Kier alpha value is -0.900. The second kappa shape index (κ2) is 13.3. The minimum atomic E-state index is 0. The summed E-state index contributed by atoms with van der Waals surface area (Å²) < 4.78 is 10.6. The zero-order chi connectivity index (χ0) is 17.0. The van der Waals surface area contributed by atoms with Crippen LogP contribution in [0.1, 0.15) is 18.1 Å². The highest BCUT2D eigenvalue weighted by atomic mass is 127. The van der Waals surface area contributed by atoms with Crippen molar-refractivity contribution in [1.82, 2.24) is 15.5 Å². The normalized spacial score (nSPS) is 15.5. The molecule has 1 aromatic rings. The van der Waals surface area contributed by atoms with Crippen molar-refractivity contribution in [3.8, 4) is 0 Å². The van der Waals surface area contributed by atoms with E-state index in [1.807, 2.05) is 0 Å². The van der Waals surface area contributed by atoms with Crippen LogP contribution in [0.4, 0.5) is 0 Å². The first-order chi connectivity index (χ1) is 11.8. The molecule has 2 rings (SSSR count). The number of hydrogen-bond donors (Lipinski definition) is 2. The van der Waals surface area contributed by atoms with Crippen molar-refractivity contribution in [2.45, 2.75) is 20.1 Å². The molecule has 142 valence electrons. The molecule has 0 spiro atoms. The van der Waals surface area contributed by atoms with E-state index in [4.69, 9.17) is 9.47 Å². The summed E-state index contributed by atoms with van der Waals surface area (Å²) >= 11 is 0. The van der Waals surface area contributed by atoms with Crippen molar-refractivity contribution < 1.29 is 9.47 Å². The van der Waals surface area contributed by atoms with Crippen LogP contribution in [0.15, 0.2) is 29.3 Å². The van der Waals surface area contributed by atoms with Crippen molar-refractivity contribution in [3.05, 3.63) is 35.4 Å². The first-order valence-electron chi connectivity index (χ1n) is 8.71. The van der Waals surface area contributed by atoms with Gasteiger partial charge in [-0.25, -0.2) is 4.99 Å². The molecule has 2 N–H and O–H groups in total. The number of benzene rings is 1. The molecule has 1 saturated heterocycles. The zero-order valence-electron chi connectivity index (χ0n) is 15.3. The highest BCUT2D eigenvalue weighted by molar-refractivity contribution is 14.0. The number of nitrogens with one attached hydrogen (secondary N) is 2. The molecular formula is C18H31IN4O2. The largest absolute Gasteiger partial charge is 0.380 e. The Kier molecular flexibility index (Phi) is 11.8. The lowest BCUT2D eigenvalue weighted by atomic mass is 10.1. The van der Waals surface area contributed by atoms with Gasteiger partial charge in [-0.1, -0.05) is 24.3 Å². The van der Waals surface area contributed by atoms with Gasteiger partial charge < -0.3 is 20.1 Å². The third-order valence-corrected chi connectivity index (χ3v) is 3.89. The summed E-state index contributed by atoms with van der Waals surface area (Å²) in [5.41, 5.74) is 2.37. The van der Waals surface area contributed by atoms with Crippen LogP contribution in [0.3, 0.4) is 0 Å². The molecule has 0 saturated carbocycles. The Morgan fingerprint density at radius 2 is 2.00 bits per heavy atom. The molecular weight excluding hydrogens is 431 g/mol. The van der Waals surface area contributed by atoms with Crippen LogP contribution in [0.2, 0.25) is 0 Å². The predicted molar refractivity (Wildman–Crippen MR) is 113 cm³/mol. The molecule has 0 aromatic heterocycles. The monoisotopic (exact) mass is 462 g/mol. The smallest absolute Gasteiger partial charge is 0.191 e. The molecule has 0 amide bonds. The molecule has 1 heterocycles. The van der Waals surface area contributed by atoms with E-state index in [2.05, 4.69) is 51.7 Å². The first-order valence-corrected chi connectivity index (χ1v) is 8.71. The predicted octanol–water partition coefficient (Wildman–Crippen LogP) is 1.84. The van der Waals surface area contributed by atoms with E-state index in [0.717, 1.165) is 51.9 Å². The number of methoxy groups -OCH3 is 1. The van der Waals surface area contributed by atoms with Gasteiger partial charge in [-0.05, 0) is 18.1 Å². The highest BCUT2D eigenvalue weighted by Gasteiger charge is 2.09. The van der Waals surface area contributed by atoms with Gasteiger partial charge in [0.05, 0.1) is 26.4 Å². The molecule has 0 aliphatic carbocycles. The Labute approximate surface area is 168 Å². The quantitative estimate of drug-likeness (QED) is 0.351. The topological polar surface area (TPSA) is 58.1 Å². The fourth-order valence-electron chi connectivity index (χ4n) is 2.65. The molecule has 1 fully saturated rings. The van der Waals surface area contributed by atoms with Crippen molar-refractivity contribution in [2.24, 2.45) is 4.99 Å². The van der Waals surface area contributed by atoms with E-state index in [9.17, 15) is 0 Å². The molecule has 0 bridgehead atoms. The minimum Gasteiger partial charge on any atom is -0.380 e. The lowest BCUT2D eigenvalue weighted by Gasteiger charge is -2.26. The van der Waals surface area contributed by atoms with Crippen molar-refractivity contribution >= 4 is 29.9 Å². The van der Waals surface area contributed by atoms with Crippen LogP contribution in [-0.4, -0.2) is 63.9 Å². The number of rotatable bonds is 8. The number of nitrogens with zero attached hydrogens (tertiary/aromatic N) is 2. The van der Waals surface area contributed by atoms with Crippen LogP contribution in [0.25, 0.3) is 0 Å². The maximum Gasteiger partial charge on any atom is 0.191 e. The Balaban J connectivity index is 0.00000312. The summed E-state index contributed by atoms with van der Waals surface area (Å²) in [5, 5.41) is 6.71. The summed E-state index contributed by atoms with van der Waals surface area (Å²) in [6, 6.07) is 8.37. The fourth-order valence-corrected chi connectivity index (χ4v) is 2.65. The van der Waals surface area contributed by atoms with Gasteiger partial charge in [-0.2, -0.15) is 0 Å². The van der Waals surface area contributed by atoms with Gasteiger partial charge in [0, 0.05) is 39.8 Å². The van der Waals surface area contributed by atoms with Crippen molar-refractivity contribution in [2.75, 3.05) is 53.0 Å². The van der Waals surface area contributed by atoms with E-state index in [0.29, 0.717) is 13.2 Å². The molecule has 1 aromatic carbocycles. The summed E-state index contributed by atoms with van der Waals surface area (Å²) in [5.74, 6) is 0.864. The van der Waals surface area contributed by atoms with Gasteiger partial charge in [-0.15, -0.1) is 24.0 Å². The lowest BCUT2D eigenvalue weighted by molar-refractivity contribution is 0.0389. The summed E-state index contributed by atoms with van der Waals surface area (Å²) in [7, 11) is 1.71. The fraction of sp³-hybridized carbons (Fsp3) is 0.611. The molecule has 0 unspecified atom stereocenters.